The van der Waals surface area contributed by atoms with Gasteiger partial charge < -0.3 is 25.6 Å². The summed E-state index contributed by atoms with van der Waals surface area (Å²) >= 11 is 3.30. The first kappa shape index (κ1) is 40.7. The first-order valence-corrected chi connectivity index (χ1v) is 17.1. The monoisotopic (exact) mass is 712 g/mol. The van der Waals surface area contributed by atoms with E-state index in [2.05, 4.69) is 31.5 Å². The second kappa shape index (κ2) is 24.8. The number of unbranched alkanes of at least 4 members (excludes halogenated alkanes) is 7. The lowest BCUT2D eigenvalue weighted by Crippen LogP contribution is -2.33. The van der Waals surface area contributed by atoms with Crippen molar-refractivity contribution < 1.29 is 43.7 Å². The second-order valence-electron chi connectivity index (χ2n) is 11.6. The summed E-state index contributed by atoms with van der Waals surface area (Å²) in [6, 6.07) is 1.45. The van der Waals surface area contributed by atoms with Crippen LogP contribution in [0, 0.1) is 5.92 Å². The first-order chi connectivity index (χ1) is 22.0. The number of rotatable bonds is 27. The molecule has 0 aromatic carbocycles. The van der Waals surface area contributed by atoms with Gasteiger partial charge in [0, 0.05) is 67.1 Å². The molecule has 0 aliphatic heterocycles. The summed E-state index contributed by atoms with van der Waals surface area (Å²) in [6.07, 6.45) is 11.6. The molecule has 1 heterocycles. The highest BCUT2D eigenvalue weighted by atomic mass is 79.9. The minimum Gasteiger partial charge on any atom is -0.481 e. The van der Waals surface area contributed by atoms with Gasteiger partial charge in [0.05, 0.1) is 12.5 Å². The van der Waals surface area contributed by atoms with Crippen molar-refractivity contribution in [3.63, 3.8) is 0 Å². The zero-order chi connectivity index (χ0) is 34.2. The van der Waals surface area contributed by atoms with Gasteiger partial charge in [-0.3, -0.25) is 29.0 Å². The number of nitrogens with zero attached hydrogens (tertiary/aromatic N) is 1. The Hall–Kier alpha value is -3.35. The topological polar surface area (TPSA) is 189 Å². The summed E-state index contributed by atoms with van der Waals surface area (Å²) in [5.74, 6) is -2.67. The van der Waals surface area contributed by atoms with Crippen LogP contribution in [0.3, 0.4) is 0 Å². The maximum atomic E-state index is 12.4. The van der Waals surface area contributed by atoms with Crippen molar-refractivity contribution in [3.05, 3.63) is 28.5 Å². The molecule has 1 rings (SSSR count). The predicted octanol–water partition coefficient (Wildman–Crippen LogP) is 6.24. The van der Waals surface area contributed by atoms with Crippen LogP contribution in [-0.2, 0) is 23.9 Å². The molecule has 2 amide bonds. The first-order valence-electron chi connectivity index (χ1n) is 16.3. The molecule has 4 N–H and O–H groups in total. The maximum Gasteiger partial charge on any atom is 0.407 e. The van der Waals surface area contributed by atoms with E-state index < -0.39 is 23.9 Å². The molecule has 0 saturated carbocycles. The smallest absolute Gasteiger partial charge is 0.407 e. The molecular weight excluding hydrogens is 662 g/mol. The Kier molecular flexibility index (Phi) is 22.0. The SMILES string of the molecule is C[C@H](CCC(=O)O)NC(=O)OCCCCCNC(=O)CCCCCCC(=O)CC(CCCCCC(=O)c1cncc([80Br])c1)C(=O)O. The van der Waals surface area contributed by atoms with Gasteiger partial charge in [0.15, 0.2) is 5.78 Å². The summed E-state index contributed by atoms with van der Waals surface area (Å²) in [7, 11) is 0. The quantitative estimate of drug-likeness (QED) is 0.0600. The van der Waals surface area contributed by atoms with E-state index in [1.54, 1.807) is 19.2 Å². The fourth-order valence-corrected chi connectivity index (χ4v) is 5.12. The molecule has 0 bridgehead atoms. The average molecular weight is 713 g/mol. The van der Waals surface area contributed by atoms with Gasteiger partial charge in [-0.1, -0.05) is 25.7 Å². The van der Waals surface area contributed by atoms with Crippen LogP contribution >= 0.6 is 15.9 Å². The fraction of sp³-hybridized carbons (Fsp3) is 0.667. The highest BCUT2D eigenvalue weighted by molar-refractivity contribution is 9.10. The zero-order valence-corrected chi connectivity index (χ0v) is 28.5. The number of ketones is 2. The van der Waals surface area contributed by atoms with Crippen LogP contribution in [-0.4, -0.2) is 69.9 Å². The second-order valence-corrected chi connectivity index (χ2v) is 12.5. The van der Waals surface area contributed by atoms with Crippen molar-refractivity contribution in [2.45, 2.75) is 122 Å². The van der Waals surface area contributed by atoms with Gasteiger partial charge >= 0.3 is 18.0 Å². The minimum absolute atomic E-state index is 0.00185. The Morgan fingerprint density at radius 1 is 0.826 bits per heavy atom. The van der Waals surface area contributed by atoms with Crippen LogP contribution < -0.4 is 10.6 Å². The van der Waals surface area contributed by atoms with Gasteiger partial charge in [-0.25, -0.2) is 4.79 Å². The number of aliphatic carboxylic acids is 2. The number of halogens is 1. The van der Waals surface area contributed by atoms with Gasteiger partial charge in [-0.05, 0) is 80.3 Å². The van der Waals surface area contributed by atoms with E-state index in [1.807, 2.05) is 0 Å². The van der Waals surface area contributed by atoms with Crippen LogP contribution in [0.15, 0.2) is 22.9 Å². The van der Waals surface area contributed by atoms with E-state index in [-0.39, 0.29) is 43.0 Å². The molecule has 258 valence electrons. The number of carboxylic acid groups (broad SMARTS) is 2. The number of hydrogen-bond acceptors (Lipinski definition) is 8. The zero-order valence-electron chi connectivity index (χ0n) is 26.9. The third kappa shape index (κ3) is 21.4. The minimum atomic E-state index is -0.965. The highest BCUT2D eigenvalue weighted by Crippen LogP contribution is 2.19. The molecule has 0 radical (unpaired) electrons. The lowest BCUT2D eigenvalue weighted by molar-refractivity contribution is -0.144. The van der Waals surface area contributed by atoms with Crippen molar-refractivity contribution in [3.8, 4) is 0 Å². The summed E-state index contributed by atoms with van der Waals surface area (Å²) < 4.78 is 5.82. The Morgan fingerprint density at radius 2 is 1.50 bits per heavy atom. The van der Waals surface area contributed by atoms with Crippen molar-refractivity contribution in [2.24, 2.45) is 5.92 Å². The van der Waals surface area contributed by atoms with Gasteiger partial charge in [0.2, 0.25) is 5.91 Å². The van der Waals surface area contributed by atoms with Crippen LogP contribution in [0.4, 0.5) is 4.79 Å². The third-order valence-corrected chi connectivity index (χ3v) is 7.88. The Bertz CT molecular complexity index is 1120. The Morgan fingerprint density at radius 3 is 2.20 bits per heavy atom. The number of nitrogens with one attached hydrogen (secondary N) is 2. The van der Waals surface area contributed by atoms with E-state index in [1.165, 1.54) is 6.20 Å². The molecule has 1 unspecified atom stereocenters. The molecule has 0 aliphatic carbocycles. The lowest BCUT2D eigenvalue weighted by Gasteiger charge is -2.12. The van der Waals surface area contributed by atoms with E-state index in [0.717, 1.165) is 30.2 Å². The fourth-order valence-electron chi connectivity index (χ4n) is 4.75. The van der Waals surface area contributed by atoms with Crippen molar-refractivity contribution >= 4 is 51.4 Å². The van der Waals surface area contributed by atoms with Gasteiger partial charge in [-0.15, -0.1) is 0 Å². The summed E-state index contributed by atoms with van der Waals surface area (Å²) in [6.45, 7) is 2.51. The summed E-state index contributed by atoms with van der Waals surface area (Å²) in [5.41, 5.74) is 0.548. The van der Waals surface area contributed by atoms with Crippen molar-refractivity contribution in [2.75, 3.05) is 13.2 Å². The Balaban J connectivity index is 2.02. The van der Waals surface area contributed by atoms with Crippen LogP contribution in [0.2, 0.25) is 0 Å². The van der Waals surface area contributed by atoms with Gasteiger partial charge in [0.25, 0.3) is 0 Å². The van der Waals surface area contributed by atoms with E-state index in [4.69, 9.17) is 9.84 Å². The number of pyridine rings is 1. The molecule has 1 aromatic heterocycles. The molecule has 12 nitrogen and oxygen atoms in total. The van der Waals surface area contributed by atoms with E-state index in [9.17, 15) is 33.9 Å². The third-order valence-electron chi connectivity index (χ3n) is 7.45. The number of carbonyl (C=O) groups is 6. The number of hydrogen-bond donors (Lipinski definition) is 4. The maximum absolute atomic E-state index is 12.4. The summed E-state index contributed by atoms with van der Waals surface area (Å²) in [5, 5.41) is 23.7. The number of alkyl carbamates (subject to hydrolysis) is 1. The number of aromatic nitrogens is 1. The average Bonchev–Trinajstić information content (AvgIpc) is 3.00. The molecule has 0 spiro atoms. The number of carbonyl (C=O) groups excluding carboxylic acids is 4. The van der Waals surface area contributed by atoms with Gasteiger partial charge in [-0.2, -0.15) is 0 Å². The molecule has 0 saturated heterocycles. The van der Waals surface area contributed by atoms with E-state index >= 15 is 0 Å². The number of ether oxygens (including phenoxy) is 1. The van der Waals surface area contributed by atoms with Crippen molar-refractivity contribution in [1.29, 1.82) is 0 Å². The van der Waals surface area contributed by atoms with E-state index in [0.29, 0.717) is 82.7 Å². The number of Topliss-reactive ketones (excluding diaryl/α,β-unsaturated/α-hetero) is 2. The standard InChI is InChI=1S/C33H50BrN3O9/c1-24(16-17-31(41)42)37-33(45)46-19-11-5-10-18-36-30(40)15-9-3-2-7-13-28(38)21-25(32(43)44)12-6-4-8-14-29(39)26-20-27(34)23-35-22-26/h20,22-25H,2-19,21H2,1H3,(H,36,40)(H,37,45)(H,41,42)(H,43,44)/t24-,25?/m1/s1/i34+0. The molecule has 0 fully saturated rings. The largest absolute Gasteiger partial charge is 0.481 e. The predicted molar refractivity (Wildman–Crippen MR) is 175 cm³/mol. The molecule has 1 aromatic rings. The molecular formula is C33H50BrN3O9. The summed E-state index contributed by atoms with van der Waals surface area (Å²) in [4.78, 5) is 74.5. The number of carboxylic acids is 2. The lowest BCUT2D eigenvalue weighted by atomic mass is 9.93. The van der Waals surface area contributed by atoms with Gasteiger partial charge in [0.1, 0.15) is 5.78 Å². The normalized spacial score (nSPS) is 12.1. The molecule has 13 heteroatoms. The number of amides is 2. The van der Waals surface area contributed by atoms with Crippen LogP contribution in [0.25, 0.3) is 0 Å². The Labute approximate surface area is 280 Å². The highest BCUT2D eigenvalue weighted by Gasteiger charge is 2.20. The van der Waals surface area contributed by atoms with Crippen molar-refractivity contribution in [1.82, 2.24) is 15.6 Å². The molecule has 46 heavy (non-hydrogen) atoms. The van der Waals surface area contributed by atoms with Crippen LogP contribution in [0.5, 0.6) is 0 Å². The van der Waals surface area contributed by atoms with Crippen LogP contribution in [0.1, 0.15) is 126 Å². The molecule has 2 atom stereocenters. The molecule has 0 aliphatic rings.